The summed E-state index contributed by atoms with van der Waals surface area (Å²) in [6.45, 7) is 3.74. The van der Waals surface area contributed by atoms with Crippen LogP contribution in [0.3, 0.4) is 0 Å². The van der Waals surface area contributed by atoms with Crippen LogP contribution < -0.4 is 0 Å². The molecular weight excluding hydrogens is 287 g/mol. The van der Waals surface area contributed by atoms with Gasteiger partial charge in [-0.1, -0.05) is 23.2 Å². The van der Waals surface area contributed by atoms with E-state index in [-0.39, 0.29) is 11.7 Å². The van der Waals surface area contributed by atoms with Gasteiger partial charge >= 0.3 is 5.97 Å². The molecule has 0 saturated carbocycles. The molecule has 2 rings (SSSR count). The number of carboxylic acids is 1. The fraction of sp³-hybridized carbons (Fsp3) is 0.231. The van der Waals surface area contributed by atoms with Gasteiger partial charge in [0.2, 0.25) is 0 Å². The van der Waals surface area contributed by atoms with Crippen molar-refractivity contribution < 1.29 is 9.90 Å². The standard InChI is InChI=1S/C13H12Cl2N2O2/c1-7(2)17-12(13(18)19)6-11(16-17)9-4-3-8(14)5-10(9)15/h3-7H,1-2H3,(H,18,19). The molecule has 0 unspecified atom stereocenters. The molecule has 0 amide bonds. The molecule has 0 aliphatic heterocycles. The lowest BCUT2D eigenvalue weighted by molar-refractivity contribution is 0.0681. The van der Waals surface area contributed by atoms with Crippen LogP contribution in [0.4, 0.5) is 0 Å². The molecule has 100 valence electrons. The number of rotatable bonds is 3. The average molecular weight is 299 g/mol. The van der Waals surface area contributed by atoms with Crippen molar-refractivity contribution in [1.29, 1.82) is 0 Å². The van der Waals surface area contributed by atoms with Gasteiger partial charge in [-0.15, -0.1) is 0 Å². The second kappa shape index (κ2) is 5.23. The summed E-state index contributed by atoms with van der Waals surface area (Å²) in [6.07, 6.45) is 0. The van der Waals surface area contributed by atoms with Crippen molar-refractivity contribution in [1.82, 2.24) is 9.78 Å². The first-order valence-corrected chi connectivity index (χ1v) is 6.44. The third kappa shape index (κ3) is 2.74. The number of benzene rings is 1. The minimum absolute atomic E-state index is 0.0501. The van der Waals surface area contributed by atoms with Gasteiger partial charge < -0.3 is 5.11 Å². The summed E-state index contributed by atoms with van der Waals surface area (Å²) >= 11 is 11.9. The summed E-state index contributed by atoms with van der Waals surface area (Å²) in [5, 5.41) is 14.4. The molecule has 0 radical (unpaired) electrons. The van der Waals surface area contributed by atoms with Crippen molar-refractivity contribution in [2.75, 3.05) is 0 Å². The number of aromatic carboxylic acids is 1. The highest BCUT2D eigenvalue weighted by molar-refractivity contribution is 6.36. The van der Waals surface area contributed by atoms with Gasteiger partial charge in [0.15, 0.2) is 0 Å². The van der Waals surface area contributed by atoms with Gasteiger partial charge in [0, 0.05) is 16.6 Å². The fourth-order valence-corrected chi connectivity index (χ4v) is 2.28. The van der Waals surface area contributed by atoms with E-state index in [1.54, 1.807) is 18.2 Å². The van der Waals surface area contributed by atoms with E-state index in [9.17, 15) is 9.90 Å². The molecule has 1 aromatic carbocycles. The van der Waals surface area contributed by atoms with Crippen LogP contribution >= 0.6 is 23.2 Å². The zero-order valence-electron chi connectivity index (χ0n) is 10.4. The van der Waals surface area contributed by atoms with E-state index < -0.39 is 5.97 Å². The predicted octanol–water partition coefficient (Wildman–Crippen LogP) is 4.14. The van der Waals surface area contributed by atoms with Crippen LogP contribution in [0.1, 0.15) is 30.4 Å². The van der Waals surface area contributed by atoms with Crippen LogP contribution in [0.15, 0.2) is 24.3 Å². The summed E-state index contributed by atoms with van der Waals surface area (Å²) in [6, 6.07) is 6.48. The second-order valence-corrected chi connectivity index (χ2v) is 5.23. The number of hydrogen-bond donors (Lipinski definition) is 1. The smallest absolute Gasteiger partial charge is 0.354 e. The molecule has 0 atom stereocenters. The first-order valence-electron chi connectivity index (χ1n) is 5.68. The molecule has 1 N–H and O–H groups in total. The Kier molecular flexibility index (Phi) is 3.83. The molecule has 19 heavy (non-hydrogen) atoms. The van der Waals surface area contributed by atoms with Crippen LogP contribution in [0.25, 0.3) is 11.3 Å². The second-order valence-electron chi connectivity index (χ2n) is 4.38. The van der Waals surface area contributed by atoms with Crippen LogP contribution in [0.5, 0.6) is 0 Å². The summed E-state index contributed by atoms with van der Waals surface area (Å²) in [5.41, 5.74) is 1.32. The zero-order valence-corrected chi connectivity index (χ0v) is 11.9. The van der Waals surface area contributed by atoms with E-state index in [0.29, 0.717) is 21.3 Å². The van der Waals surface area contributed by atoms with E-state index in [1.165, 1.54) is 10.7 Å². The van der Waals surface area contributed by atoms with E-state index >= 15 is 0 Å². The van der Waals surface area contributed by atoms with Crippen molar-refractivity contribution in [3.05, 3.63) is 40.0 Å². The number of carbonyl (C=O) groups is 1. The quantitative estimate of drug-likeness (QED) is 0.926. The van der Waals surface area contributed by atoms with Crippen molar-refractivity contribution in [3.8, 4) is 11.3 Å². The zero-order chi connectivity index (χ0) is 14.2. The average Bonchev–Trinajstić information content (AvgIpc) is 2.73. The van der Waals surface area contributed by atoms with Crippen LogP contribution in [-0.2, 0) is 0 Å². The lowest BCUT2D eigenvalue weighted by Gasteiger charge is -2.07. The number of hydrogen-bond acceptors (Lipinski definition) is 2. The van der Waals surface area contributed by atoms with Crippen LogP contribution in [0.2, 0.25) is 10.0 Å². The maximum atomic E-state index is 11.2. The monoisotopic (exact) mass is 298 g/mol. The summed E-state index contributed by atoms with van der Waals surface area (Å²) in [7, 11) is 0. The maximum Gasteiger partial charge on any atom is 0.354 e. The minimum atomic E-state index is -1.02. The van der Waals surface area contributed by atoms with Crippen molar-refractivity contribution in [3.63, 3.8) is 0 Å². The van der Waals surface area contributed by atoms with Gasteiger partial charge in [0.25, 0.3) is 0 Å². The Labute approximate surface area is 120 Å². The Morgan fingerprint density at radius 3 is 2.47 bits per heavy atom. The molecule has 0 spiro atoms. The third-order valence-corrected chi connectivity index (χ3v) is 3.20. The first-order chi connectivity index (χ1) is 8.90. The highest BCUT2D eigenvalue weighted by atomic mass is 35.5. The maximum absolute atomic E-state index is 11.2. The Hall–Kier alpha value is -1.52. The SMILES string of the molecule is CC(C)n1nc(-c2ccc(Cl)cc2Cl)cc1C(=O)O. The lowest BCUT2D eigenvalue weighted by Crippen LogP contribution is -2.11. The molecule has 6 heteroatoms. The number of carboxylic acid groups (broad SMARTS) is 1. The highest BCUT2D eigenvalue weighted by Crippen LogP contribution is 2.30. The predicted molar refractivity (Wildman–Crippen MR) is 75.0 cm³/mol. The van der Waals surface area contributed by atoms with Crippen molar-refractivity contribution in [2.45, 2.75) is 19.9 Å². The fourth-order valence-electron chi connectivity index (χ4n) is 1.78. The first kappa shape index (κ1) is 13.9. The number of aromatic nitrogens is 2. The Morgan fingerprint density at radius 1 is 1.32 bits per heavy atom. The molecule has 1 aromatic heterocycles. The van der Waals surface area contributed by atoms with Gasteiger partial charge in [-0.05, 0) is 38.1 Å². The molecule has 4 nitrogen and oxygen atoms in total. The van der Waals surface area contributed by atoms with Gasteiger partial charge in [-0.2, -0.15) is 5.10 Å². The van der Waals surface area contributed by atoms with Crippen LogP contribution in [-0.4, -0.2) is 20.9 Å². The van der Waals surface area contributed by atoms with Gasteiger partial charge in [-0.3, -0.25) is 4.68 Å². The largest absolute Gasteiger partial charge is 0.477 e. The molecular formula is C13H12Cl2N2O2. The topological polar surface area (TPSA) is 55.1 Å². The molecule has 0 saturated heterocycles. The van der Waals surface area contributed by atoms with Gasteiger partial charge in [0.05, 0.1) is 10.7 Å². The molecule has 0 aliphatic rings. The van der Waals surface area contributed by atoms with E-state index in [4.69, 9.17) is 23.2 Å². The Balaban J connectivity index is 2.57. The highest BCUT2D eigenvalue weighted by Gasteiger charge is 2.18. The molecule has 1 heterocycles. The van der Waals surface area contributed by atoms with Crippen molar-refractivity contribution >= 4 is 29.2 Å². The molecule has 0 bridgehead atoms. The van der Waals surface area contributed by atoms with Crippen LogP contribution in [0, 0.1) is 0 Å². The van der Waals surface area contributed by atoms with E-state index in [2.05, 4.69) is 5.10 Å². The van der Waals surface area contributed by atoms with E-state index in [0.717, 1.165) is 0 Å². The normalized spacial score (nSPS) is 11.0. The summed E-state index contributed by atoms with van der Waals surface area (Å²) in [4.78, 5) is 11.2. The molecule has 0 aliphatic carbocycles. The minimum Gasteiger partial charge on any atom is -0.477 e. The Bertz CT molecular complexity index is 636. The summed E-state index contributed by atoms with van der Waals surface area (Å²) in [5.74, 6) is -1.02. The lowest BCUT2D eigenvalue weighted by atomic mass is 10.1. The molecule has 2 aromatic rings. The van der Waals surface area contributed by atoms with E-state index in [1.807, 2.05) is 13.8 Å². The Morgan fingerprint density at radius 2 is 2.00 bits per heavy atom. The number of halogens is 2. The van der Waals surface area contributed by atoms with Gasteiger partial charge in [-0.25, -0.2) is 4.79 Å². The molecule has 0 fully saturated rings. The third-order valence-electron chi connectivity index (χ3n) is 2.65. The summed E-state index contributed by atoms with van der Waals surface area (Å²) < 4.78 is 1.46. The van der Waals surface area contributed by atoms with Crippen molar-refractivity contribution in [2.24, 2.45) is 0 Å². The van der Waals surface area contributed by atoms with Gasteiger partial charge in [0.1, 0.15) is 5.69 Å². The number of nitrogens with zero attached hydrogens (tertiary/aromatic N) is 2.